The quantitative estimate of drug-likeness (QED) is 0.807. The molecule has 2 nitrogen and oxygen atoms in total. The van der Waals surface area contributed by atoms with Crippen molar-refractivity contribution in [2.75, 3.05) is 13.2 Å². The first kappa shape index (κ1) is 15.8. The van der Waals surface area contributed by atoms with Crippen LogP contribution in [0.4, 0.5) is 4.39 Å². The summed E-state index contributed by atoms with van der Waals surface area (Å²) < 4.78 is 19.1. The van der Waals surface area contributed by atoms with Crippen molar-refractivity contribution in [2.24, 2.45) is 0 Å². The van der Waals surface area contributed by atoms with Crippen LogP contribution in [0.3, 0.4) is 0 Å². The summed E-state index contributed by atoms with van der Waals surface area (Å²) in [5.41, 5.74) is 0.773. The standard InChI is InChI=1S/C17H19ClFNO/c1-2-20-17(15-12-13(19)8-9-16(15)18)10-11-21-14-6-4-3-5-7-14/h3-9,12,17,20H,2,10-11H2,1H3. The zero-order valence-electron chi connectivity index (χ0n) is 12.0. The van der Waals surface area contributed by atoms with Crippen LogP contribution in [0, 0.1) is 5.82 Å². The molecule has 0 amide bonds. The number of hydrogen-bond donors (Lipinski definition) is 1. The van der Waals surface area contributed by atoms with Gasteiger partial charge in [0.2, 0.25) is 0 Å². The van der Waals surface area contributed by atoms with E-state index in [0.717, 1.165) is 17.9 Å². The average molecular weight is 308 g/mol. The number of nitrogens with one attached hydrogen (secondary N) is 1. The molecule has 112 valence electrons. The van der Waals surface area contributed by atoms with Crippen LogP contribution < -0.4 is 10.1 Å². The van der Waals surface area contributed by atoms with E-state index in [2.05, 4.69) is 5.32 Å². The van der Waals surface area contributed by atoms with E-state index < -0.39 is 0 Å². The fourth-order valence-corrected chi connectivity index (χ4v) is 2.46. The topological polar surface area (TPSA) is 21.3 Å². The molecule has 0 spiro atoms. The first-order chi connectivity index (χ1) is 10.2. The number of hydrogen-bond acceptors (Lipinski definition) is 2. The van der Waals surface area contributed by atoms with Crippen LogP contribution in [0.25, 0.3) is 0 Å². The van der Waals surface area contributed by atoms with Gasteiger partial charge in [-0.15, -0.1) is 0 Å². The predicted octanol–water partition coefficient (Wildman–Crippen LogP) is 4.60. The van der Waals surface area contributed by atoms with E-state index >= 15 is 0 Å². The second-order valence-electron chi connectivity index (χ2n) is 4.73. The molecule has 0 fully saturated rings. The molecule has 2 aromatic carbocycles. The highest BCUT2D eigenvalue weighted by atomic mass is 35.5. The maximum atomic E-state index is 13.4. The lowest BCUT2D eigenvalue weighted by Crippen LogP contribution is -2.23. The van der Waals surface area contributed by atoms with Crippen molar-refractivity contribution in [3.63, 3.8) is 0 Å². The van der Waals surface area contributed by atoms with Gasteiger partial charge in [-0.25, -0.2) is 4.39 Å². The van der Waals surface area contributed by atoms with E-state index in [-0.39, 0.29) is 11.9 Å². The van der Waals surface area contributed by atoms with Crippen molar-refractivity contribution < 1.29 is 9.13 Å². The first-order valence-corrected chi connectivity index (χ1v) is 7.44. The summed E-state index contributed by atoms with van der Waals surface area (Å²) >= 11 is 6.18. The van der Waals surface area contributed by atoms with Crippen LogP contribution in [0.2, 0.25) is 5.02 Å². The molecular weight excluding hydrogens is 289 g/mol. The summed E-state index contributed by atoms with van der Waals surface area (Å²) in [6, 6.07) is 14.1. The molecule has 4 heteroatoms. The maximum Gasteiger partial charge on any atom is 0.123 e. The summed E-state index contributed by atoms with van der Waals surface area (Å²) in [5.74, 6) is 0.555. The summed E-state index contributed by atoms with van der Waals surface area (Å²) in [4.78, 5) is 0. The van der Waals surface area contributed by atoms with Crippen molar-refractivity contribution in [2.45, 2.75) is 19.4 Å². The summed E-state index contributed by atoms with van der Waals surface area (Å²) in [6.07, 6.45) is 0.714. The van der Waals surface area contributed by atoms with Crippen LogP contribution in [-0.2, 0) is 0 Å². The van der Waals surface area contributed by atoms with Crippen molar-refractivity contribution in [1.82, 2.24) is 5.32 Å². The van der Waals surface area contributed by atoms with Crippen molar-refractivity contribution in [3.8, 4) is 5.75 Å². The Balaban J connectivity index is 2.00. The van der Waals surface area contributed by atoms with Crippen LogP contribution in [0.5, 0.6) is 5.75 Å². The number of benzene rings is 2. The Morgan fingerprint density at radius 2 is 1.95 bits per heavy atom. The van der Waals surface area contributed by atoms with E-state index in [4.69, 9.17) is 16.3 Å². The monoisotopic (exact) mass is 307 g/mol. The molecule has 0 aliphatic rings. The molecule has 0 bridgehead atoms. The molecule has 0 aromatic heterocycles. The van der Waals surface area contributed by atoms with Gasteiger partial charge in [0.25, 0.3) is 0 Å². The van der Waals surface area contributed by atoms with Crippen molar-refractivity contribution in [3.05, 3.63) is 64.9 Å². The summed E-state index contributed by atoms with van der Waals surface area (Å²) in [7, 11) is 0. The van der Waals surface area contributed by atoms with E-state index in [1.807, 2.05) is 37.3 Å². The Bertz CT molecular complexity index is 562. The van der Waals surface area contributed by atoms with Gasteiger partial charge in [-0.05, 0) is 42.4 Å². The molecule has 0 aliphatic heterocycles. The minimum Gasteiger partial charge on any atom is -0.494 e. The van der Waals surface area contributed by atoms with Gasteiger partial charge >= 0.3 is 0 Å². The highest BCUT2D eigenvalue weighted by Gasteiger charge is 2.15. The predicted molar refractivity (Wildman–Crippen MR) is 84.4 cm³/mol. The minimum absolute atomic E-state index is 0.0260. The molecule has 0 saturated heterocycles. The number of rotatable bonds is 7. The van der Waals surface area contributed by atoms with Gasteiger partial charge in [-0.3, -0.25) is 0 Å². The van der Waals surface area contributed by atoms with Crippen LogP contribution in [-0.4, -0.2) is 13.2 Å². The second kappa shape index (κ2) is 8.01. The number of para-hydroxylation sites is 1. The molecule has 2 rings (SSSR count). The lowest BCUT2D eigenvalue weighted by Gasteiger charge is -2.20. The summed E-state index contributed by atoms with van der Waals surface area (Å²) in [5, 5.41) is 3.89. The Hall–Kier alpha value is -1.58. The fraction of sp³-hybridized carbons (Fsp3) is 0.294. The number of halogens is 2. The van der Waals surface area contributed by atoms with Gasteiger partial charge < -0.3 is 10.1 Å². The first-order valence-electron chi connectivity index (χ1n) is 7.07. The molecule has 1 N–H and O–H groups in total. The average Bonchev–Trinajstić information content (AvgIpc) is 2.50. The Morgan fingerprint density at radius 3 is 2.67 bits per heavy atom. The molecule has 1 atom stereocenters. The highest BCUT2D eigenvalue weighted by Crippen LogP contribution is 2.26. The third-order valence-corrected chi connectivity index (χ3v) is 3.55. The second-order valence-corrected chi connectivity index (χ2v) is 5.13. The molecule has 2 aromatic rings. The van der Waals surface area contributed by atoms with Crippen LogP contribution in [0.15, 0.2) is 48.5 Å². The van der Waals surface area contributed by atoms with Crippen molar-refractivity contribution in [1.29, 1.82) is 0 Å². The highest BCUT2D eigenvalue weighted by molar-refractivity contribution is 6.31. The Morgan fingerprint density at radius 1 is 1.19 bits per heavy atom. The van der Waals surface area contributed by atoms with E-state index in [9.17, 15) is 4.39 Å². The van der Waals surface area contributed by atoms with Gasteiger partial charge in [-0.2, -0.15) is 0 Å². The van der Waals surface area contributed by atoms with Gasteiger partial charge in [-0.1, -0.05) is 36.7 Å². The maximum absolute atomic E-state index is 13.4. The molecule has 21 heavy (non-hydrogen) atoms. The molecule has 0 aliphatic carbocycles. The summed E-state index contributed by atoms with van der Waals surface area (Å²) in [6.45, 7) is 3.33. The largest absolute Gasteiger partial charge is 0.494 e. The number of ether oxygens (including phenoxy) is 1. The zero-order valence-corrected chi connectivity index (χ0v) is 12.7. The Labute approximate surface area is 129 Å². The third kappa shape index (κ3) is 4.73. The minimum atomic E-state index is -0.277. The van der Waals surface area contributed by atoms with E-state index in [1.54, 1.807) is 6.07 Å². The van der Waals surface area contributed by atoms with E-state index in [1.165, 1.54) is 12.1 Å². The fourth-order valence-electron chi connectivity index (χ4n) is 2.21. The van der Waals surface area contributed by atoms with Gasteiger partial charge in [0, 0.05) is 17.5 Å². The van der Waals surface area contributed by atoms with Gasteiger partial charge in [0.15, 0.2) is 0 Å². The van der Waals surface area contributed by atoms with Crippen molar-refractivity contribution >= 4 is 11.6 Å². The normalized spacial score (nSPS) is 12.1. The SMILES string of the molecule is CCNC(CCOc1ccccc1)c1cc(F)ccc1Cl. The molecule has 0 saturated carbocycles. The molecule has 0 radical (unpaired) electrons. The van der Waals surface area contributed by atoms with Crippen LogP contribution >= 0.6 is 11.6 Å². The lowest BCUT2D eigenvalue weighted by molar-refractivity contribution is 0.287. The van der Waals surface area contributed by atoms with Gasteiger partial charge in [0.05, 0.1) is 6.61 Å². The molecular formula is C17H19ClFNO. The van der Waals surface area contributed by atoms with Gasteiger partial charge in [0.1, 0.15) is 11.6 Å². The smallest absolute Gasteiger partial charge is 0.123 e. The lowest BCUT2D eigenvalue weighted by atomic mass is 10.0. The Kier molecular flexibility index (Phi) is 6.03. The third-order valence-electron chi connectivity index (χ3n) is 3.20. The van der Waals surface area contributed by atoms with Crippen LogP contribution in [0.1, 0.15) is 24.9 Å². The zero-order chi connectivity index (χ0) is 15.1. The molecule has 0 heterocycles. The van der Waals surface area contributed by atoms with E-state index in [0.29, 0.717) is 18.1 Å². The molecule has 1 unspecified atom stereocenters.